The van der Waals surface area contributed by atoms with Crippen molar-refractivity contribution in [2.24, 2.45) is 4.99 Å². The first-order valence-corrected chi connectivity index (χ1v) is 8.20. The van der Waals surface area contributed by atoms with Crippen molar-refractivity contribution in [3.63, 3.8) is 0 Å². The Hall–Kier alpha value is -2.56. The van der Waals surface area contributed by atoms with Crippen LogP contribution in [0.4, 0.5) is 4.39 Å². The lowest BCUT2D eigenvalue weighted by atomic mass is 10.2. The van der Waals surface area contributed by atoms with Crippen molar-refractivity contribution >= 4 is 5.96 Å². The van der Waals surface area contributed by atoms with E-state index in [9.17, 15) is 4.39 Å². The van der Waals surface area contributed by atoms with Crippen LogP contribution in [-0.2, 0) is 13.1 Å². The second-order valence-corrected chi connectivity index (χ2v) is 5.23. The van der Waals surface area contributed by atoms with Gasteiger partial charge in [-0.25, -0.2) is 9.38 Å². The highest BCUT2D eigenvalue weighted by Crippen LogP contribution is 2.18. The Morgan fingerprint density at radius 2 is 1.83 bits per heavy atom. The van der Waals surface area contributed by atoms with Gasteiger partial charge in [0.1, 0.15) is 0 Å². The third-order valence-corrected chi connectivity index (χ3v) is 3.36. The summed E-state index contributed by atoms with van der Waals surface area (Å²) in [7, 11) is 0. The summed E-state index contributed by atoms with van der Waals surface area (Å²) in [6.45, 7) is 6.13. The van der Waals surface area contributed by atoms with Gasteiger partial charge < -0.3 is 15.4 Å². The van der Waals surface area contributed by atoms with Crippen molar-refractivity contribution in [2.75, 3.05) is 13.2 Å². The molecule has 0 spiro atoms. The lowest BCUT2D eigenvalue weighted by molar-refractivity contribution is 0.321. The van der Waals surface area contributed by atoms with Gasteiger partial charge in [0.05, 0.1) is 13.2 Å². The third kappa shape index (κ3) is 5.57. The highest BCUT2D eigenvalue weighted by Gasteiger charge is 2.04. The molecule has 2 aromatic rings. The highest BCUT2D eigenvalue weighted by atomic mass is 19.1. The summed E-state index contributed by atoms with van der Waals surface area (Å²) in [6, 6.07) is 15.1. The number of ether oxygens (including phenoxy) is 1. The van der Waals surface area contributed by atoms with Crippen LogP contribution >= 0.6 is 0 Å². The standard InChI is InChI=1S/C19H24FN3O/c1-3-21-19(22-13-15-8-6-5-7-9-15)23-14-16-10-11-18(24-4-2)17(20)12-16/h5-12H,3-4,13-14H2,1-2H3,(H2,21,22,23). The molecular formula is C19H24FN3O. The van der Waals surface area contributed by atoms with Crippen molar-refractivity contribution in [3.8, 4) is 5.75 Å². The van der Waals surface area contributed by atoms with Gasteiger partial charge in [0, 0.05) is 13.1 Å². The normalized spacial score (nSPS) is 11.2. The SMILES string of the molecule is CCNC(=NCc1ccc(OCC)c(F)c1)NCc1ccccc1. The Balaban J connectivity index is 1.98. The fourth-order valence-electron chi connectivity index (χ4n) is 2.21. The number of rotatable bonds is 7. The molecule has 0 bridgehead atoms. The van der Waals surface area contributed by atoms with E-state index in [2.05, 4.69) is 27.8 Å². The average Bonchev–Trinajstić information content (AvgIpc) is 2.60. The summed E-state index contributed by atoms with van der Waals surface area (Å²) < 4.78 is 19.1. The Bertz CT molecular complexity index is 659. The molecule has 0 aliphatic heterocycles. The quantitative estimate of drug-likeness (QED) is 0.604. The number of guanidine groups is 1. The number of hydrogen-bond acceptors (Lipinski definition) is 2. The van der Waals surface area contributed by atoms with Crippen molar-refractivity contribution in [1.82, 2.24) is 10.6 Å². The van der Waals surface area contributed by atoms with E-state index in [-0.39, 0.29) is 11.6 Å². The van der Waals surface area contributed by atoms with Gasteiger partial charge in [-0.05, 0) is 37.1 Å². The van der Waals surface area contributed by atoms with Crippen LogP contribution in [0.25, 0.3) is 0 Å². The molecule has 24 heavy (non-hydrogen) atoms. The molecule has 2 rings (SSSR count). The molecule has 128 valence electrons. The maximum absolute atomic E-state index is 13.9. The molecule has 5 heteroatoms. The molecule has 0 saturated carbocycles. The predicted octanol–water partition coefficient (Wildman–Crippen LogP) is 3.48. The van der Waals surface area contributed by atoms with Gasteiger partial charge >= 0.3 is 0 Å². The number of nitrogens with zero attached hydrogens (tertiary/aromatic N) is 1. The summed E-state index contributed by atoms with van der Waals surface area (Å²) in [6.07, 6.45) is 0. The number of aliphatic imine (C=N–C) groups is 1. The van der Waals surface area contributed by atoms with E-state index in [1.807, 2.05) is 38.1 Å². The Kier molecular flexibility index (Phi) is 7.08. The molecule has 0 saturated heterocycles. The Morgan fingerprint density at radius 1 is 1.04 bits per heavy atom. The van der Waals surface area contributed by atoms with Gasteiger partial charge in [-0.1, -0.05) is 36.4 Å². The zero-order valence-corrected chi connectivity index (χ0v) is 14.2. The minimum atomic E-state index is -0.355. The second kappa shape index (κ2) is 9.55. The number of benzene rings is 2. The molecule has 0 amide bonds. The van der Waals surface area contributed by atoms with E-state index in [0.29, 0.717) is 25.7 Å². The van der Waals surface area contributed by atoms with Gasteiger partial charge in [-0.3, -0.25) is 0 Å². The molecule has 0 heterocycles. The fraction of sp³-hybridized carbons (Fsp3) is 0.316. The topological polar surface area (TPSA) is 45.7 Å². The first-order valence-electron chi connectivity index (χ1n) is 8.20. The van der Waals surface area contributed by atoms with E-state index >= 15 is 0 Å². The zero-order chi connectivity index (χ0) is 17.2. The van der Waals surface area contributed by atoms with Crippen LogP contribution in [0.2, 0.25) is 0 Å². The van der Waals surface area contributed by atoms with Crippen LogP contribution in [0.1, 0.15) is 25.0 Å². The smallest absolute Gasteiger partial charge is 0.191 e. The van der Waals surface area contributed by atoms with Crippen molar-refractivity contribution in [3.05, 3.63) is 65.5 Å². The summed E-state index contributed by atoms with van der Waals surface area (Å²) in [4.78, 5) is 4.50. The molecular weight excluding hydrogens is 305 g/mol. The van der Waals surface area contributed by atoms with Crippen LogP contribution < -0.4 is 15.4 Å². The molecule has 0 aliphatic rings. The molecule has 2 N–H and O–H groups in total. The van der Waals surface area contributed by atoms with E-state index in [0.717, 1.165) is 12.1 Å². The maximum Gasteiger partial charge on any atom is 0.191 e. The molecule has 2 aromatic carbocycles. The lowest BCUT2D eigenvalue weighted by Crippen LogP contribution is -2.36. The minimum absolute atomic E-state index is 0.277. The molecule has 0 unspecified atom stereocenters. The Labute approximate surface area is 142 Å². The lowest BCUT2D eigenvalue weighted by Gasteiger charge is -2.11. The van der Waals surface area contributed by atoms with Gasteiger partial charge in [-0.15, -0.1) is 0 Å². The largest absolute Gasteiger partial charge is 0.491 e. The van der Waals surface area contributed by atoms with E-state index < -0.39 is 0 Å². The minimum Gasteiger partial charge on any atom is -0.491 e. The molecule has 0 fully saturated rings. The van der Waals surface area contributed by atoms with Crippen LogP contribution in [0.3, 0.4) is 0 Å². The first kappa shape index (κ1) is 17.8. The van der Waals surface area contributed by atoms with E-state index in [1.165, 1.54) is 11.6 Å². The predicted molar refractivity (Wildman–Crippen MR) is 95.7 cm³/mol. The monoisotopic (exact) mass is 329 g/mol. The first-order chi connectivity index (χ1) is 11.7. The molecule has 0 aromatic heterocycles. The Morgan fingerprint density at radius 3 is 2.50 bits per heavy atom. The summed E-state index contributed by atoms with van der Waals surface area (Å²) in [5.74, 6) is 0.627. The van der Waals surface area contributed by atoms with Crippen molar-refractivity contribution < 1.29 is 9.13 Å². The second-order valence-electron chi connectivity index (χ2n) is 5.23. The number of hydrogen-bond donors (Lipinski definition) is 2. The number of nitrogens with one attached hydrogen (secondary N) is 2. The molecule has 0 atom stereocenters. The van der Waals surface area contributed by atoms with Gasteiger partial charge in [0.15, 0.2) is 17.5 Å². The summed E-state index contributed by atoms with van der Waals surface area (Å²) in [5, 5.41) is 6.46. The maximum atomic E-state index is 13.9. The summed E-state index contributed by atoms with van der Waals surface area (Å²) >= 11 is 0. The van der Waals surface area contributed by atoms with Crippen molar-refractivity contribution in [1.29, 1.82) is 0 Å². The van der Waals surface area contributed by atoms with Crippen LogP contribution in [0.5, 0.6) is 5.75 Å². The average molecular weight is 329 g/mol. The number of halogens is 1. The van der Waals surface area contributed by atoms with Gasteiger partial charge in [0.25, 0.3) is 0 Å². The summed E-state index contributed by atoms with van der Waals surface area (Å²) in [5.41, 5.74) is 1.98. The molecule has 4 nitrogen and oxygen atoms in total. The van der Waals surface area contributed by atoms with Gasteiger partial charge in [0.2, 0.25) is 0 Å². The zero-order valence-electron chi connectivity index (χ0n) is 14.2. The highest BCUT2D eigenvalue weighted by molar-refractivity contribution is 5.79. The van der Waals surface area contributed by atoms with E-state index in [1.54, 1.807) is 6.07 Å². The van der Waals surface area contributed by atoms with Crippen LogP contribution in [0.15, 0.2) is 53.5 Å². The van der Waals surface area contributed by atoms with Crippen molar-refractivity contribution in [2.45, 2.75) is 26.9 Å². The molecule has 0 aliphatic carbocycles. The fourth-order valence-corrected chi connectivity index (χ4v) is 2.21. The van der Waals surface area contributed by atoms with Crippen LogP contribution in [0, 0.1) is 5.82 Å². The third-order valence-electron chi connectivity index (χ3n) is 3.36. The van der Waals surface area contributed by atoms with Gasteiger partial charge in [-0.2, -0.15) is 0 Å². The van der Waals surface area contributed by atoms with Crippen LogP contribution in [-0.4, -0.2) is 19.1 Å². The molecule has 0 radical (unpaired) electrons. The van der Waals surface area contributed by atoms with E-state index in [4.69, 9.17) is 4.74 Å².